The number of anilines is 1. The van der Waals surface area contributed by atoms with Crippen LogP contribution in [0.1, 0.15) is 42.7 Å². The summed E-state index contributed by atoms with van der Waals surface area (Å²) in [5.41, 5.74) is 1.97. The van der Waals surface area contributed by atoms with Crippen LogP contribution < -0.4 is 5.32 Å². The topological polar surface area (TPSA) is 84.3 Å². The number of carbonyl (C=O) groups excluding carboxylic acids is 1. The number of hydrogen-bond acceptors (Lipinski definition) is 4. The molecule has 0 radical (unpaired) electrons. The summed E-state index contributed by atoms with van der Waals surface area (Å²) in [7, 11) is -3.58. The third-order valence-electron chi connectivity index (χ3n) is 4.94. The molecule has 0 aliphatic rings. The number of carbonyl (C=O) groups is 1. The highest BCUT2D eigenvalue weighted by atomic mass is 32.2. The van der Waals surface area contributed by atoms with E-state index < -0.39 is 10.0 Å². The van der Waals surface area contributed by atoms with Gasteiger partial charge in [0.1, 0.15) is 5.82 Å². The summed E-state index contributed by atoms with van der Waals surface area (Å²) in [5, 5.41) is 7.31. The van der Waals surface area contributed by atoms with Gasteiger partial charge in [-0.05, 0) is 49.7 Å². The molecule has 0 bridgehead atoms. The standard InChI is InChI=1S/C23H28N4O3S/c1-4-6-16-26(5-2)31(29,30)21-14-12-19(13-15-21)23(28)24-22-17-18(3)25-27(22)20-10-8-7-9-11-20/h7-15,17H,4-6,16H2,1-3H3,(H,24,28). The zero-order valence-electron chi connectivity index (χ0n) is 18.1. The van der Waals surface area contributed by atoms with Gasteiger partial charge < -0.3 is 5.32 Å². The molecule has 3 aromatic rings. The quantitative estimate of drug-likeness (QED) is 0.539. The molecule has 0 unspecified atom stereocenters. The van der Waals surface area contributed by atoms with Crippen LogP contribution in [0.2, 0.25) is 0 Å². The Hall–Kier alpha value is -2.97. The molecule has 0 spiro atoms. The van der Waals surface area contributed by atoms with Gasteiger partial charge in [-0.3, -0.25) is 4.79 Å². The van der Waals surface area contributed by atoms with Crippen molar-refractivity contribution in [2.24, 2.45) is 0 Å². The third kappa shape index (κ3) is 5.21. The maximum absolute atomic E-state index is 12.9. The van der Waals surface area contributed by atoms with Crippen molar-refractivity contribution in [2.75, 3.05) is 18.4 Å². The molecule has 7 nitrogen and oxygen atoms in total. The number of para-hydroxylation sites is 1. The number of amides is 1. The summed E-state index contributed by atoms with van der Waals surface area (Å²) >= 11 is 0. The molecule has 1 aromatic heterocycles. The largest absolute Gasteiger partial charge is 0.306 e. The Morgan fingerprint density at radius 1 is 1.06 bits per heavy atom. The van der Waals surface area contributed by atoms with Crippen LogP contribution in [0.3, 0.4) is 0 Å². The van der Waals surface area contributed by atoms with Crippen LogP contribution in [0.5, 0.6) is 0 Å². The predicted octanol–water partition coefficient (Wildman–Crippen LogP) is 4.24. The minimum atomic E-state index is -3.58. The minimum absolute atomic E-state index is 0.187. The van der Waals surface area contributed by atoms with E-state index in [0.29, 0.717) is 24.5 Å². The second kappa shape index (κ2) is 9.89. The highest BCUT2D eigenvalue weighted by Crippen LogP contribution is 2.20. The maximum atomic E-state index is 12.9. The molecule has 0 fully saturated rings. The van der Waals surface area contributed by atoms with Gasteiger partial charge in [0.2, 0.25) is 10.0 Å². The van der Waals surface area contributed by atoms with Crippen LogP contribution in [0.15, 0.2) is 65.6 Å². The molecule has 0 aliphatic carbocycles. The Morgan fingerprint density at radius 2 is 1.74 bits per heavy atom. The van der Waals surface area contributed by atoms with Crippen LogP contribution in [0, 0.1) is 6.92 Å². The van der Waals surface area contributed by atoms with E-state index in [4.69, 9.17) is 0 Å². The average molecular weight is 441 g/mol. The number of sulfonamides is 1. The van der Waals surface area contributed by atoms with Crippen LogP contribution in [0.25, 0.3) is 5.69 Å². The van der Waals surface area contributed by atoms with E-state index in [2.05, 4.69) is 10.4 Å². The lowest BCUT2D eigenvalue weighted by molar-refractivity contribution is 0.102. The van der Waals surface area contributed by atoms with Crippen LogP contribution in [-0.2, 0) is 10.0 Å². The molecule has 0 saturated heterocycles. The number of nitrogens with one attached hydrogen (secondary N) is 1. The number of unbranched alkanes of at least 4 members (excludes halogenated alkanes) is 1. The van der Waals surface area contributed by atoms with E-state index in [0.717, 1.165) is 24.2 Å². The lowest BCUT2D eigenvalue weighted by Gasteiger charge is -2.20. The SMILES string of the molecule is CCCCN(CC)S(=O)(=O)c1ccc(C(=O)Nc2cc(C)nn2-c2ccccc2)cc1. The molecule has 2 aromatic carbocycles. The number of benzene rings is 2. The fourth-order valence-electron chi connectivity index (χ4n) is 3.25. The molecule has 0 saturated carbocycles. The first-order valence-corrected chi connectivity index (χ1v) is 11.8. The van der Waals surface area contributed by atoms with E-state index in [-0.39, 0.29) is 10.8 Å². The lowest BCUT2D eigenvalue weighted by atomic mass is 10.2. The summed E-state index contributed by atoms with van der Waals surface area (Å²) in [6.45, 7) is 6.60. The third-order valence-corrected chi connectivity index (χ3v) is 6.93. The highest BCUT2D eigenvalue weighted by molar-refractivity contribution is 7.89. The highest BCUT2D eigenvalue weighted by Gasteiger charge is 2.23. The summed E-state index contributed by atoms with van der Waals surface area (Å²) < 4.78 is 28.8. The minimum Gasteiger partial charge on any atom is -0.306 e. The van der Waals surface area contributed by atoms with Gasteiger partial charge in [-0.15, -0.1) is 0 Å². The predicted molar refractivity (Wildman–Crippen MR) is 122 cm³/mol. The van der Waals surface area contributed by atoms with Gasteiger partial charge in [0, 0.05) is 24.7 Å². The van der Waals surface area contributed by atoms with Crippen molar-refractivity contribution in [3.63, 3.8) is 0 Å². The first-order chi connectivity index (χ1) is 14.9. The summed E-state index contributed by atoms with van der Waals surface area (Å²) in [6.07, 6.45) is 1.73. The van der Waals surface area contributed by atoms with Gasteiger partial charge in [-0.1, -0.05) is 38.5 Å². The molecular weight excluding hydrogens is 412 g/mol. The van der Waals surface area contributed by atoms with E-state index in [1.807, 2.05) is 51.1 Å². The number of rotatable bonds is 9. The van der Waals surface area contributed by atoms with Crippen molar-refractivity contribution in [2.45, 2.75) is 38.5 Å². The number of aryl methyl sites for hydroxylation is 1. The van der Waals surface area contributed by atoms with Crippen molar-refractivity contribution in [3.8, 4) is 5.69 Å². The first-order valence-electron chi connectivity index (χ1n) is 10.4. The fraction of sp³-hybridized carbons (Fsp3) is 0.304. The van der Waals surface area contributed by atoms with Crippen LogP contribution >= 0.6 is 0 Å². The van der Waals surface area contributed by atoms with Crippen LogP contribution in [-0.4, -0.2) is 41.5 Å². The van der Waals surface area contributed by atoms with Gasteiger partial charge in [0.05, 0.1) is 16.3 Å². The summed E-state index contributed by atoms with van der Waals surface area (Å²) in [6, 6.07) is 17.3. The van der Waals surface area contributed by atoms with Gasteiger partial charge >= 0.3 is 0 Å². The van der Waals surface area contributed by atoms with E-state index in [1.165, 1.54) is 28.6 Å². The Balaban J connectivity index is 1.79. The Labute approximate surface area is 183 Å². The molecule has 0 aliphatic heterocycles. The van der Waals surface area contributed by atoms with Crippen molar-refractivity contribution >= 4 is 21.7 Å². The molecule has 31 heavy (non-hydrogen) atoms. The van der Waals surface area contributed by atoms with Gasteiger partial charge in [0.25, 0.3) is 5.91 Å². The van der Waals surface area contributed by atoms with Gasteiger partial charge in [-0.2, -0.15) is 9.40 Å². The van der Waals surface area contributed by atoms with Crippen molar-refractivity contribution in [1.29, 1.82) is 0 Å². The van der Waals surface area contributed by atoms with Crippen LogP contribution in [0.4, 0.5) is 5.82 Å². The zero-order chi connectivity index (χ0) is 22.4. The van der Waals surface area contributed by atoms with E-state index >= 15 is 0 Å². The zero-order valence-corrected chi connectivity index (χ0v) is 18.9. The molecule has 1 amide bonds. The second-order valence-electron chi connectivity index (χ2n) is 7.25. The first kappa shape index (κ1) is 22.7. The second-order valence-corrected chi connectivity index (χ2v) is 9.19. The van der Waals surface area contributed by atoms with Gasteiger partial charge in [-0.25, -0.2) is 13.1 Å². The number of hydrogen-bond donors (Lipinski definition) is 1. The Bertz CT molecular complexity index is 1120. The van der Waals surface area contributed by atoms with Crippen molar-refractivity contribution in [3.05, 3.63) is 71.9 Å². The summed E-state index contributed by atoms with van der Waals surface area (Å²) in [4.78, 5) is 13.0. The molecule has 1 N–H and O–H groups in total. The Morgan fingerprint density at radius 3 is 2.35 bits per heavy atom. The Kier molecular flexibility index (Phi) is 7.25. The smallest absolute Gasteiger partial charge is 0.256 e. The summed E-state index contributed by atoms with van der Waals surface area (Å²) in [5.74, 6) is 0.210. The monoisotopic (exact) mass is 440 g/mol. The number of nitrogens with zero attached hydrogens (tertiary/aromatic N) is 3. The van der Waals surface area contributed by atoms with E-state index in [9.17, 15) is 13.2 Å². The van der Waals surface area contributed by atoms with Gasteiger partial charge in [0.15, 0.2) is 0 Å². The molecule has 1 heterocycles. The lowest BCUT2D eigenvalue weighted by Crippen LogP contribution is -2.31. The van der Waals surface area contributed by atoms with Crippen molar-refractivity contribution in [1.82, 2.24) is 14.1 Å². The van der Waals surface area contributed by atoms with E-state index in [1.54, 1.807) is 10.7 Å². The van der Waals surface area contributed by atoms with Crippen molar-refractivity contribution < 1.29 is 13.2 Å². The molecule has 8 heteroatoms. The normalized spacial score (nSPS) is 11.6. The molecule has 164 valence electrons. The fourth-order valence-corrected chi connectivity index (χ4v) is 4.74. The number of aromatic nitrogens is 2. The maximum Gasteiger partial charge on any atom is 0.256 e. The molecule has 3 rings (SSSR count). The average Bonchev–Trinajstić information content (AvgIpc) is 3.14. The molecule has 0 atom stereocenters. The molecular formula is C23H28N4O3S.